The third-order valence-electron chi connectivity index (χ3n) is 1.61. The minimum Gasteiger partial charge on any atom is -0.330 e. The summed E-state index contributed by atoms with van der Waals surface area (Å²) in [5.41, 5.74) is 5.47. The van der Waals surface area contributed by atoms with Crippen molar-refractivity contribution in [3.8, 4) is 0 Å². The van der Waals surface area contributed by atoms with Crippen LogP contribution in [0, 0.1) is 5.92 Å². The zero-order chi connectivity index (χ0) is 6.41. The topological polar surface area (TPSA) is 26.0 Å². The van der Waals surface area contributed by atoms with Crippen molar-refractivity contribution in [1.82, 2.24) is 0 Å². The summed E-state index contributed by atoms with van der Waals surface area (Å²) in [7, 11) is 0. The Hall–Kier alpha value is -0.0400. The molecule has 0 radical (unpaired) electrons. The highest BCUT2D eigenvalue weighted by atomic mass is 14.5. The quantitative estimate of drug-likeness (QED) is 0.593. The van der Waals surface area contributed by atoms with Gasteiger partial charge in [-0.25, -0.2) is 0 Å². The van der Waals surface area contributed by atoms with Crippen LogP contribution >= 0.6 is 0 Å². The van der Waals surface area contributed by atoms with Gasteiger partial charge in [-0.15, -0.1) is 0 Å². The van der Waals surface area contributed by atoms with Gasteiger partial charge in [0.1, 0.15) is 0 Å². The van der Waals surface area contributed by atoms with Crippen molar-refractivity contribution in [3.05, 3.63) is 0 Å². The third-order valence-corrected chi connectivity index (χ3v) is 1.61. The molecule has 0 aromatic heterocycles. The third kappa shape index (κ3) is 3.03. The second-order valence-corrected chi connectivity index (χ2v) is 2.30. The summed E-state index contributed by atoms with van der Waals surface area (Å²) >= 11 is 0. The van der Waals surface area contributed by atoms with Crippen LogP contribution in [0.2, 0.25) is 0 Å². The number of rotatable bonds is 4. The normalized spacial score (nSPS) is 13.9. The van der Waals surface area contributed by atoms with E-state index in [9.17, 15) is 0 Å². The molecule has 0 unspecified atom stereocenters. The van der Waals surface area contributed by atoms with E-state index in [-0.39, 0.29) is 0 Å². The van der Waals surface area contributed by atoms with Gasteiger partial charge in [0, 0.05) is 0 Å². The number of hydrogen-bond acceptors (Lipinski definition) is 1. The molecule has 8 heavy (non-hydrogen) atoms. The Morgan fingerprint density at radius 1 is 1.38 bits per heavy atom. The molecule has 0 saturated heterocycles. The maximum absolute atomic E-state index is 5.47. The molecule has 1 nitrogen and oxygen atoms in total. The molecule has 50 valence electrons. The molecule has 0 rings (SSSR count). The molecular weight excluding hydrogens is 98.1 g/mol. The lowest BCUT2D eigenvalue weighted by molar-refractivity contribution is 0.475. The molecule has 1 atom stereocenters. The summed E-state index contributed by atoms with van der Waals surface area (Å²) in [5.74, 6) is 0.778. The van der Waals surface area contributed by atoms with Crippen molar-refractivity contribution in [2.45, 2.75) is 33.1 Å². The zero-order valence-electron chi connectivity index (χ0n) is 5.98. The summed E-state index contributed by atoms with van der Waals surface area (Å²) in [6, 6.07) is 0. The van der Waals surface area contributed by atoms with Crippen LogP contribution in [0.5, 0.6) is 0 Å². The number of hydrogen-bond donors (Lipinski definition) is 1. The second kappa shape index (κ2) is 5.10. The molecule has 0 aromatic carbocycles. The Bertz CT molecular complexity index is 39.7. The summed E-state index contributed by atoms with van der Waals surface area (Å²) in [5, 5.41) is 0. The van der Waals surface area contributed by atoms with Crippen LogP contribution in [0.25, 0.3) is 0 Å². The zero-order valence-corrected chi connectivity index (χ0v) is 5.98. The lowest BCUT2D eigenvalue weighted by Crippen LogP contribution is -2.12. The van der Waals surface area contributed by atoms with Gasteiger partial charge >= 0.3 is 0 Å². The predicted molar refractivity (Wildman–Crippen MR) is 37.7 cm³/mol. The number of nitrogens with two attached hydrogens (primary N) is 1. The Morgan fingerprint density at radius 2 is 2.00 bits per heavy atom. The molecule has 0 fully saturated rings. The summed E-state index contributed by atoms with van der Waals surface area (Å²) in [6.07, 6.45) is 3.81. The first kappa shape index (κ1) is 7.96. The molecule has 0 aromatic rings. The molecule has 0 heterocycles. The van der Waals surface area contributed by atoms with Gasteiger partial charge in [-0.2, -0.15) is 0 Å². The standard InChI is InChI=1S/C7H17N/c1-3-5-7(4-2)6-8/h7H,3-6,8H2,1-2H3/t7-/m1/s1. The van der Waals surface area contributed by atoms with Crippen molar-refractivity contribution in [2.75, 3.05) is 6.54 Å². The molecular formula is C7H17N. The molecule has 0 aliphatic carbocycles. The van der Waals surface area contributed by atoms with E-state index in [4.69, 9.17) is 5.73 Å². The van der Waals surface area contributed by atoms with Crippen molar-refractivity contribution in [2.24, 2.45) is 11.7 Å². The smallest absolute Gasteiger partial charge is 0.00490 e. The Kier molecular flexibility index (Phi) is 5.08. The largest absolute Gasteiger partial charge is 0.330 e. The average molecular weight is 115 g/mol. The highest BCUT2D eigenvalue weighted by Crippen LogP contribution is 2.07. The predicted octanol–water partition coefficient (Wildman–Crippen LogP) is 1.77. The molecule has 0 spiro atoms. The first-order valence-electron chi connectivity index (χ1n) is 3.55. The Labute approximate surface area is 52.3 Å². The van der Waals surface area contributed by atoms with Gasteiger partial charge in [0.2, 0.25) is 0 Å². The first-order valence-corrected chi connectivity index (χ1v) is 3.55. The van der Waals surface area contributed by atoms with Gasteiger partial charge in [-0.05, 0) is 18.9 Å². The SMILES string of the molecule is CCC[C@@H](CC)CN. The molecule has 0 amide bonds. The van der Waals surface area contributed by atoms with Crippen molar-refractivity contribution in [3.63, 3.8) is 0 Å². The van der Waals surface area contributed by atoms with E-state index in [0.717, 1.165) is 12.5 Å². The summed E-state index contributed by atoms with van der Waals surface area (Å²) in [4.78, 5) is 0. The minimum absolute atomic E-state index is 0.778. The van der Waals surface area contributed by atoms with Crippen LogP contribution < -0.4 is 5.73 Å². The van der Waals surface area contributed by atoms with Crippen LogP contribution in [0.4, 0.5) is 0 Å². The van der Waals surface area contributed by atoms with Gasteiger partial charge in [-0.1, -0.05) is 26.7 Å². The van der Waals surface area contributed by atoms with Crippen LogP contribution in [0.15, 0.2) is 0 Å². The lowest BCUT2D eigenvalue weighted by Gasteiger charge is -2.08. The van der Waals surface area contributed by atoms with Crippen molar-refractivity contribution in [1.29, 1.82) is 0 Å². The van der Waals surface area contributed by atoms with Gasteiger partial charge in [0.05, 0.1) is 0 Å². The highest BCUT2D eigenvalue weighted by Gasteiger charge is 1.99. The molecule has 0 saturated carbocycles. The Balaban J connectivity index is 3.07. The Morgan fingerprint density at radius 3 is 2.12 bits per heavy atom. The van der Waals surface area contributed by atoms with Gasteiger partial charge in [0.15, 0.2) is 0 Å². The maximum Gasteiger partial charge on any atom is -0.00490 e. The van der Waals surface area contributed by atoms with Crippen LogP contribution in [-0.2, 0) is 0 Å². The fourth-order valence-corrected chi connectivity index (χ4v) is 0.897. The molecule has 0 aliphatic rings. The lowest BCUT2D eigenvalue weighted by atomic mass is 10.0. The highest BCUT2D eigenvalue weighted by molar-refractivity contribution is 4.54. The van der Waals surface area contributed by atoms with Crippen LogP contribution in [0.3, 0.4) is 0 Å². The van der Waals surface area contributed by atoms with Crippen LogP contribution in [0.1, 0.15) is 33.1 Å². The molecule has 1 heteroatoms. The van der Waals surface area contributed by atoms with Gasteiger partial charge in [0.25, 0.3) is 0 Å². The average Bonchev–Trinajstić information content (AvgIpc) is 1.83. The van der Waals surface area contributed by atoms with Gasteiger partial charge in [-0.3, -0.25) is 0 Å². The van der Waals surface area contributed by atoms with E-state index in [1.54, 1.807) is 0 Å². The first-order chi connectivity index (χ1) is 3.85. The molecule has 0 bridgehead atoms. The van der Waals surface area contributed by atoms with Crippen molar-refractivity contribution >= 4 is 0 Å². The van der Waals surface area contributed by atoms with Crippen molar-refractivity contribution < 1.29 is 0 Å². The molecule has 0 aliphatic heterocycles. The monoisotopic (exact) mass is 115 g/mol. The van der Waals surface area contributed by atoms with E-state index in [1.165, 1.54) is 19.3 Å². The van der Waals surface area contributed by atoms with E-state index >= 15 is 0 Å². The van der Waals surface area contributed by atoms with Gasteiger partial charge < -0.3 is 5.73 Å². The molecule has 2 N–H and O–H groups in total. The van der Waals surface area contributed by atoms with E-state index in [1.807, 2.05) is 0 Å². The minimum atomic E-state index is 0.778. The fourth-order valence-electron chi connectivity index (χ4n) is 0.897. The van der Waals surface area contributed by atoms with Crippen LogP contribution in [-0.4, -0.2) is 6.54 Å². The summed E-state index contributed by atoms with van der Waals surface area (Å²) in [6.45, 7) is 5.27. The van der Waals surface area contributed by atoms with E-state index in [0.29, 0.717) is 0 Å². The van der Waals surface area contributed by atoms with E-state index < -0.39 is 0 Å². The second-order valence-electron chi connectivity index (χ2n) is 2.30. The summed E-state index contributed by atoms with van der Waals surface area (Å²) < 4.78 is 0. The fraction of sp³-hybridized carbons (Fsp3) is 1.00. The van der Waals surface area contributed by atoms with E-state index in [2.05, 4.69) is 13.8 Å². The maximum atomic E-state index is 5.47.